The number of phenolic OH excluding ortho intramolecular Hbond substituents is 1. The minimum atomic E-state index is -0.789. The van der Waals surface area contributed by atoms with E-state index < -0.39 is 18.0 Å². The molecule has 2 rings (SSSR count). The first-order valence-electron chi connectivity index (χ1n) is 10.1. The van der Waals surface area contributed by atoms with Gasteiger partial charge in [-0.25, -0.2) is 0 Å². The topological polar surface area (TPSA) is 110 Å². The molecule has 2 amide bonds. The Morgan fingerprint density at radius 1 is 1.07 bits per heavy atom. The Bertz CT molecular complexity index is 799. The number of primary amides is 1. The highest BCUT2D eigenvalue weighted by Gasteiger charge is 2.30. The summed E-state index contributed by atoms with van der Waals surface area (Å²) in [4.78, 5) is 26.9. The van der Waals surface area contributed by atoms with Crippen molar-refractivity contribution in [3.05, 3.63) is 65.7 Å². The number of carbonyl (C=O) groups excluding carboxylic acids is 2. The molecule has 0 aliphatic heterocycles. The van der Waals surface area contributed by atoms with Crippen molar-refractivity contribution in [2.24, 2.45) is 11.5 Å². The molecule has 0 bridgehead atoms. The number of nitrogens with zero attached hydrogens (tertiary/aromatic N) is 1. The van der Waals surface area contributed by atoms with Crippen LogP contribution in [0.25, 0.3) is 0 Å². The number of hydrogen-bond donors (Lipinski definition) is 3. The third kappa shape index (κ3) is 7.39. The first-order chi connectivity index (χ1) is 14.4. The number of thioether (sulfide) groups is 1. The molecular formula is C23H31N3O3S. The second-order valence-corrected chi connectivity index (χ2v) is 8.28. The molecular weight excluding hydrogens is 398 g/mol. The molecule has 0 radical (unpaired) electrons. The van der Waals surface area contributed by atoms with E-state index in [2.05, 4.69) is 0 Å². The second kappa shape index (κ2) is 12.2. The van der Waals surface area contributed by atoms with Crippen LogP contribution in [0.15, 0.2) is 54.6 Å². The minimum Gasteiger partial charge on any atom is -0.508 e. The summed E-state index contributed by atoms with van der Waals surface area (Å²) in [6, 6.07) is 15.2. The van der Waals surface area contributed by atoms with E-state index >= 15 is 0 Å². The van der Waals surface area contributed by atoms with Crippen molar-refractivity contribution in [2.75, 3.05) is 18.6 Å². The monoisotopic (exact) mass is 429 g/mol. The van der Waals surface area contributed by atoms with Crippen LogP contribution in [0.4, 0.5) is 0 Å². The van der Waals surface area contributed by atoms with Gasteiger partial charge in [0.25, 0.3) is 0 Å². The lowest BCUT2D eigenvalue weighted by Crippen LogP contribution is -2.54. The van der Waals surface area contributed by atoms with Gasteiger partial charge in [0.05, 0.1) is 6.04 Å². The third-order valence-corrected chi connectivity index (χ3v) is 5.64. The van der Waals surface area contributed by atoms with Crippen LogP contribution in [-0.2, 0) is 22.4 Å². The maximum absolute atomic E-state index is 13.2. The van der Waals surface area contributed by atoms with Gasteiger partial charge in [-0.05, 0) is 61.0 Å². The lowest BCUT2D eigenvalue weighted by Gasteiger charge is -2.32. The number of amides is 2. The lowest BCUT2D eigenvalue weighted by molar-refractivity contribution is -0.140. The van der Waals surface area contributed by atoms with Crippen LogP contribution in [0.5, 0.6) is 5.75 Å². The molecule has 0 fully saturated rings. The fourth-order valence-corrected chi connectivity index (χ4v) is 3.84. The number of aromatic hydroxyl groups is 1. The number of phenols is 1. The van der Waals surface area contributed by atoms with Crippen molar-refractivity contribution >= 4 is 23.6 Å². The highest BCUT2D eigenvalue weighted by atomic mass is 32.2. The lowest BCUT2D eigenvalue weighted by atomic mass is 10.0. The number of hydrogen-bond acceptors (Lipinski definition) is 5. The van der Waals surface area contributed by atoms with Crippen LogP contribution in [-0.4, -0.2) is 52.5 Å². The SMILES string of the molecule is CSCCC(C(N)=O)N(CCCc1ccccc1)C(=O)[C@@H](N)Cc1ccc(O)cc1. The van der Waals surface area contributed by atoms with E-state index in [9.17, 15) is 14.7 Å². The standard InChI is InChI=1S/C23H31N3O3S/c1-30-15-13-21(22(25)28)26(14-5-8-17-6-3-2-4-7-17)23(29)20(24)16-18-9-11-19(27)12-10-18/h2-4,6-7,9-12,20-21,27H,5,8,13-16,24H2,1H3,(H2,25,28)/t20-,21?/m0/s1. The highest BCUT2D eigenvalue weighted by Crippen LogP contribution is 2.15. The summed E-state index contributed by atoms with van der Waals surface area (Å²) in [5.74, 6) is 0.102. The number of benzene rings is 2. The number of aryl methyl sites for hydroxylation is 1. The van der Waals surface area contributed by atoms with Gasteiger partial charge in [0.15, 0.2) is 0 Å². The van der Waals surface area contributed by atoms with E-state index in [1.165, 1.54) is 5.56 Å². The molecule has 6 nitrogen and oxygen atoms in total. The molecule has 30 heavy (non-hydrogen) atoms. The van der Waals surface area contributed by atoms with Gasteiger partial charge in [-0.3, -0.25) is 9.59 Å². The summed E-state index contributed by atoms with van der Waals surface area (Å²) in [6.45, 7) is 0.416. The zero-order chi connectivity index (χ0) is 21.9. The Balaban J connectivity index is 2.11. The Labute approximate surface area is 182 Å². The van der Waals surface area contributed by atoms with E-state index in [1.807, 2.05) is 36.6 Å². The minimum absolute atomic E-state index is 0.159. The predicted molar refractivity (Wildman–Crippen MR) is 122 cm³/mol. The second-order valence-electron chi connectivity index (χ2n) is 7.30. The van der Waals surface area contributed by atoms with Gasteiger partial charge in [0.1, 0.15) is 11.8 Å². The highest BCUT2D eigenvalue weighted by molar-refractivity contribution is 7.98. The maximum Gasteiger partial charge on any atom is 0.240 e. The van der Waals surface area contributed by atoms with Crippen LogP contribution in [0.2, 0.25) is 0 Å². The summed E-state index contributed by atoms with van der Waals surface area (Å²) >= 11 is 1.61. The van der Waals surface area contributed by atoms with Gasteiger partial charge in [-0.15, -0.1) is 0 Å². The van der Waals surface area contributed by atoms with E-state index in [4.69, 9.17) is 11.5 Å². The molecule has 0 saturated heterocycles. The molecule has 2 aromatic carbocycles. The summed E-state index contributed by atoms with van der Waals surface area (Å²) in [7, 11) is 0. The zero-order valence-electron chi connectivity index (χ0n) is 17.4. The van der Waals surface area contributed by atoms with Crippen molar-refractivity contribution in [3.8, 4) is 5.75 Å². The maximum atomic E-state index is 13.2. The summed E-state index contributed by atoms with van der Waals surface area (Å²) < 4.78 is 0. The quantitative estimate of drug-likeness (QED) is 0.480. The van der Waals surface area contributed by atoms with Crippen LogP contribution < -0.4 is 11.5 Å². The molecule has 0 aliphatic rings. The van der Waals surface area contributed by atoms with E-state index in [-0.39, 0.29) is 11.7 Å². The van der Waals surface area contributed by atoms with Gasteiger partial charge in [0, 0.05) is 6.54 Å². The Morgan fingerprint density at radius 2 is 1.73 bits per heavy atom. The van der Waals surface area contributed by atoms with Crippen molar-refractivity contribution in [2.45, 2.75) is 37.8 Å². The molecule has 1 unspecified atom stereocenters. The summed E-state index contributed by atoms with van der Waals surface area (Å²) in [6.07, 6.45) is 4.29. The van der Waals surface area contributed by atoms with Gasteiger partial charge < -0.3 is 21.5 Å². The Hall–Kier alpha value is -2.51. The van der Waals surface area contributed by atoms with Gasteiger partial charge >= 0.3 is 0 Å². The molecule has 162 valence electrons. The van der Waals surface area contributed by atoms with E-state index in [0.29, 0.717) is 25.8 Å². The molecule has 0 aromatic heterocycles. The van der Waals surface area contributed by atoms with Crippen LogP contribution in [0, 0.1) is 0 Å². The molecule has 0 aliphatic carbocycles. The smallest absolute Gasteiger partial charge is 0.240 e. The average molecular weight is 430 g/mol. The van der Waals surface area contributed by atoms with Gasteiger partial charge in [-0.1, -0.05) is 42.5 Å². The molecule has 0 saturated carbocycles. The number of rotatable bonds is 12. The van der Waals surface area contributed by atoms with E-state index in [1.54, 1.807) is 40.9 Å². The largest absolute Gasteiger partial charge is 0.508 e. The Kier molecular flexibility index (Phi) is 9.70. The molecule has 0 spiro atoms. The summed E-state index contributed by atoms with van der Waals surface area (Å²) in [5, 5.41) is 9.44. The predicted octanol–water partition coefficient (Wildman–Crippen LogP) is 2.33. The van der Waals surface area contributed by atoms with Crippen molar-refractivity contribution < 1.29 is 14.7 Å². The molecule has 7 heteroatoms. The number of nitrogens with two attached hydrogens (primary N) is 2. The van der Waals surface area contributed by atoms with Crippen LogP contribution in [0.1, 0.15) is 24.0 Å². The van der Waals surface area contributed by atoms with Crippen LogP contribution in [0.3, 0.4) is 0 Å². The first kappa shape index (κ1) is 23.8. The number of carbonyl (C=O) groups is 2. The van der Waals surface area contributed by atoms with Gasteiger partial charge in [0.2, 0.25) is 11.8 Å². The van der Waals surface area contributed by atoms with Crippen LogP contribution >= 0.6 is 11.8 Å². The zero-order valence-corrected chi connectivity index (χ0v) is 18.2. The van der Waals surface area contributed by atoms with Crippen molar-refractivity contribution in [1.82, 2.24) is 4.90 Å². The molecule has 0 heterocycles. The van der Waals surface area contributed by atoms with Gasteiger partial charge in [-0.2, -0.15) is 11.8 Å². The normalized spacial score (nSPS) is 12.9. The average Bonchev–Trinajstić information content (AvgIpc) is 2.74. The fraction of sp³-hybridized carbons (Fsp3) is 0.391. The molecule has 5 N–H and O–H groups in total. The summed E-state index contributed by atoms with van der Waals surface area (Å²) in [5.41, 5.74) is 13.9. The third-order valence-electron chi connectivity index (χ3n) is 5.00. The van der Waals surface area contributed by atoms with Crippen molar-refractivity contribution in [1.29, 1.82) is 0 Å². The molecule has 2 aromatic rings. The first-order valence-corrected chi connectivity index (χ1v) is 11.5. The fourth-order valence-electron chi connectivity index (χ4n) is 3.39. The van der Waals surface area contributed by atoms with Crippen molar-refractivity contribution in [3.63, 3.8) is 0 Å². The molecule has 2 atom stereocenters. The van der Waals surface area contributed by atoms with E-state index in [0.717, 1.165) is 17.7 Å². The Morgan fingerprint density at radius 3 is 2.33 bits per heavy atom.